The van der Waals surface area contributed by atoms with Crippen molar-refractivity contribution in [1.29, 1.82) is 0 Å². The normalized spacial score (nSPS) is 13.0. The maximum atomic E-state index is 7.88. The van der Waals surface area contributed by atoms with Crippen LogP contribution in [0.15, 0.2) is 17.3 Å². The van der Waals surface area contributed by atoms with Gasteiger partial charge >= 0.3 is 0 Å². The van der Waals surface area contributed by atoms with E-state index in [1.54, 1.807) is 13.0 Å². The maximum Gasteiger partial charge on any atom is 0.162 e. The number of allylic oxidation sites excluding steroid dienone is 1. The van der Waals surface area contributed by atoms with Gasteiger partial charge in [0.15, 0.2) is 5.84 Å². The van der Waals surface area contributed by atoms with Crippen molar-refractivity contribution < 1.29 is 5.21 Å². The lowest BCUT2D eigenvalue weighted by molar-refractivity contribution is 0.319. The Kier molecular flexibility index (Phi) is 2.76. The van der Waals surface area contributed by atoms with Crippen LogP contribution in [0.5, 0.6) is 0 Å². The van der Waals surface area contributed by atoms with E-state index < -0.39 is 0 Å². The van der Waals surface area contributed by atoms with E-state index in [0.717, 1.165) is 0 Å². The molecular formula is C4H8N2O. The molecule has 0 saturated carbocycles. The summed E-state index contributed by atoms with van der Waals surface area (Å²) in [5, 5.41) is 10.6. The number of amidine groups is 1. The highest BCUT2D eigenvalue weighted by Gasteiger charge is 1.74. The summed E-state index contributed by atoms with van der Waals surface area (Å²) in [5.74, 6) is 0.127. The molecule has 0 spiro atoms. The molecule has 0 aromatic rings. The topological polar surface area (TPSA) is 58.6 Å². The minimum absolute atomic E-state index is 0.127. The molecule has 3 nitrogen and oxygen atoms in total. The molecule has 0 unspecified atom stereocenters. The van der Waals surface area contributed by atoms with Gasteiger partial charge in [-0.1, -0.05) is 11.2 Å². The van der Waals surface area contributed by atoms with Crippen LogP contribution in [-0.2, 0) is 0 Å². The Morgan fingerprint density at radius 1 is 1.86 bits per heavy atom. The first-order valence-corrected chi connectivity index (χ1v) is 1.91. The van der Waals surface area contributed by atoms with Crippen molar-refractivity contribution in [2.24, 2.45) is 10.9 Å². The van der Waals surface area contributed by atoms with Gasteiger partial charge in [-0.2, -0.15) is 0 Å². The van der Waals surface area contributed by atoms with Crippen molar-refractivity contribution in [2.75, 3.05) is 0 Å². The van der Waals surface area contributed by atoms with Crippen molar-refractivity contribution in [2.45, 2.75) is 6.92 Å². The Morgan fingerprint density at radius 2 is 2.43 bits per heavy atom. The van der Waals surface area contributed by atoms with Crippen molar-refractivity contribution in [1.82, 2.24) is 0 Å². The number of nitrogens with two attached hydrogens (primary N) is 1. The van der Waals surface area contributed by atoms with Gasteiger partial charge in [0.2, 0.25) is 0 Å². The highest BCUT2D eigenvalue weighted by atomic mass is 16.4. The van der Waals surface area contributed by atoms with Crippen molar-refractivity contribution in [3.8, 4) is 0 Å². The molecule has 0 amide bonds. The smallest absolute Gasteiger partial charge is 0.162 e. The van der Waals surface area contributed by atoms with Crippen LogP contribution in [0.3, 0.4) is 0 Å². The van der Waals surface area contributed by atoms with Gasteiger partial charge in [-0.3, -0.25) is 0 Å². The predicted octanol–water partition coefficient (Wildman–Crippen LogP) is 0.309. The van der Waals surface area contributed by atoms with Crippen LogP contribution < -0.4 is 5.73 Å². The molecule has 40 valence electrons. The standard InChI is InChI=1S/C4H8N2O/c1-2-3-4(5)6-7/h2-3,7H,1H3,(H2,5,6)/b3-2+. The lowest BCUT2D eigenvalue weighted by Gasteiger charge is -1.79. The van der Waals surface area contributed by atoms with Gasteiger partial charge in [-0.15, -0.1) is 0 Å². The molecule has 3 N–H and O–H groups in total. The highest BCUT2D eigenvalue weighted by Crippen LogP contribution is 1.68. The van der Waals surface area contributed by atoms with Crippen LogP contribution in [0.4, 0.5) is 0 Å². The molecule has 0 saturated heterocycles. The second-order valence-electron chi connectivity index (χ2n) is 1.02. The fraction of sp³-hybridized carbons (Fsp3) is 0.250. The SMILES string of the molecule is C/C=C/C(N)=NO. The molecule has 0 aromatic carbocycles. The van der Waals surface area contributed by atoms with Gasteiger partial charge < -0.3 is 10.9 Å². The van der Waals surface area contributed by atoms with Crippen LogP contribution in [-0.4, -0.2) is 11.0 Å². The maximum absolute atomic E-state index is 7.88. The lowest BCUT2D eigenvalue weighted by atomic mass is 10.5. The first-order chi connectivity index (χ1) is 3.31. The number of oxime groups is 1. The Morgan fingerprint density at radius 3 is 2.57 bits per heavy atom. The molecule has 7 heavy (non-hydrogen) atoms. The summed E-state index contributed by atoms with van der Waals surface area (Å²) >= 11 is 0. The summed E-state index contributed by atoms with van der Waals surface area (Å²) in [6.07, 6.45) is 3.19. The van der Waals surface area contributed by atoms with Gasteiger partial charge in [-0.25, -0.2) is 0 Å². The lowest BCUT2D eigenvalue weighted by Crippen LogP contribution is -2.06. The molecule has 3 heteroatoms. The van der Waals surface area contributed by atoms with Gasteiger partial charge in [0.25, 0.3) is 0 Å². The van der Waals surface area contributed by atoms with Crippen molar-refractivity contribution in [3.63, 3.8) is 0 Å². The van der Waals surface area contributed by atoms with Crippen LogP contribution in [0.1, 0.15) is 6.92 Å². The first kappa shape index (κ1) is 6.01. The third kappa shape index (κ3) is 2.82. The van der Waals surface area contributed by atoms with E-state index in [1.807, 2.05) is 0 Å². The Bertz CT molecular complexity index is 95.9. The van der Waals surface area contributed by atoms with Gasteiger partial charge in [0.05, 0.1) is 0 Å². The average molecular weight is 100 g/mol. The summed E-state index contributed by atoms with van der Waals surface area (Å²) in [5.41, 5.74) is 5.00. The summed E-state index contributed by atoms with van der Waals surface area (Å²) in [6.45, 7) is 1.79. The molecule has 0 aliphatic rings. The second-order valence-corrected chi connectivity index (χ2v) is 1.02. The van der Waals surface area contributed by atoms with E-state index >= 15 is 0 Å². The van der Waals surface area contributed by atoms with Crippen LogP contribution in [0, 0.1) is 0 Å². The largest absolute Gasteiger partial charge is 0.409 e. The molecule has 0 fully saturated rings. The van der Waals surface area contributed by atoms with Crippen molar-refractivity contribution >= 4 is 5.84 Å². The molecule has 0 heterocycles. The third-order valence-electron chi connectivity index (χ3n) is 0.453. The molecule has 0 radical (unpaired) electrons. The van der Waals surface area contributed by atoms with Crippen molar-refractivity contribution in [3.05, 3.63) is 12.2 Å². The van der Waals surface area contributed by atoms with E-state index in [0.29, 0.717) is 0 Å². The molecule has 0 aromatic heterocycles. The van der Waals surface area contributed by atoms with Crippen LogP contribution in [0.25, 0.3) is 0 Å². The zero-order valence-corrected chi connectivity index (χ0v) is 4.13. The average Bonchev–Trinajstić information content (AvgIpc) is 1.68. The zero-order valence-electron chi connectivity index (χ0n) is 4.13. The van der Waals surface area contributed by atoms with E-state index in [1.165, 1.54) is 6.08 Å². The minimum Gasteiger partial charge on any atom is -0.409 e. The molecule has 0 aliphatic heterocycles. The third-order valence-corrected chi connectivity index (χ3v) is 0.453. The van der Waals surface area contributed by atoms with Crippen LogP contribution >= 0.6 is 0 Å². The Labute approximate surface area is 42.1 Å². The number of hydrogen-bond acceptors (Lipinski definition) is 2. The quantitative estimate of drug-likeness (QED) is 0.215. The van der Waals surface area contributed by atoms with E-state index in [-0.39, 0.29) is 5.84 Å². The second kappa shape index (κ2) is 3.21. The molecule has 0 bridgehead atoms. The molecule has 0 rings (SSSR count). The van der Waals surface area contributed by atoms with Gasteiger partial charge in [0.1, 0.15) is 0 Å². The fourth-order valence-electron chi connectivity index (χ4n) is 0.204. The number of rotatable bonds is 1. The van der Waals surface area contributed by atoms with E-state index in [9.17, 15) is 0 Å². The zero-order chi connectivity index (χ0) is 5.70. The number of hydrogen-bond donors (Lipinski definition) is 2. The summed E-state index contributed by atoms with van der Waals surface area (Å²) in [6, 6.07) is 0. The Hall–Kier alpha value is -0.990. The predicted molar refractivity (Wildman–Crippen MR) is 28.2 cm³/mol. The van der Waals surface area contributed by atoms with Gasteiger partial charge in [0, 0.05) is 0 Å². The number of nitrogens with zero attached hydrogens (tertiary/aromatic N) is 1. The fourth-order valence-corrected chi connectivity index (χ4v) is 0.204. The molecular weight excluding hydrogens is 92.1 g/mol. The Balaban J connectivity index is 3.58. The molecule has 0 aliphatic carbocycles. The summed E-state index contributed by atoms with van der Waals surface area (Å²) in [7, 11) is 0. The summed E-state index contributed by atoms with van der Waals surface area (Å²) in [4.78, 5) is 0. The van der Waals surface area contributed by atoms with Gasteiger partial charge in [-0.05, 0) is 13.0 Å². The van der Waals surface area contributed by atoms with Crippen LogP contribution in [0.2, 0.25) is 0 Å². The van der Waals surface area contributed by atoms with E-state index in [2.05, 4.69) is 5.16 Å². The minimum atomic E-state index is 0.127. The first-order valence-electron chi connectivity index (χ1n) is 1.91. The van der Waals surface area contributed by atoms with E-state index in [4.69, 9.17) is 10.9 Å². The highest BCUT2D eigenvalue weighted by molar-refractivity contribution is 5.90. The molecule has 0 atom stereocenters. The monoisotopic (exact) mass is 100 g/mol. The summed E-state index contributed by atoms with van der Waals surface area (Å²) < 4.78 is 0.